The van der Waals surface area contributed by atoms with Crippen molar-refractivity contribution < 1.29 is 4.74 Å². The number of nitrogens with zero attached hydrogens (tertiary/aromatic N) is 2. The molecule has 7 heteroatoms. The van der Waals surface area contributed by atoms with Gasteiger partial charge in [0, 0.05) is 10.0 Å². The van der Waals surface area contributed by atoms with Gasteiger partial charge in [0.25, 0.3) is 5.56 Å². The van der Waals surface area contributed by atoms with E-state index in [4.69, 9.17) is 10.5 Å². The van der Waals surface area contributed by atoms with Crippen molar-refractivity contribution in [2.45, 2.75) is 6.61 Å². The number of H-pyrrole nitrogens is 1. The van der Waals surface area contributed by atoms with Crippen molar-refractivity contribution in [3.05, 3.63) is 80.0 Å². The van der Waals surface area contributed by atoms with Gasteiger partial charge in [-0.15, -0.1) is 0 Å². The monoisotopic (exact) mass is 420 g/mol. The number of hydrogen-bond donors (Lipinski definition) is 2. The van der Waals surface area contributed by atoms with Crippen LogP contribution in [-0.4, -0.2) is 4.98 Å². The molecule has 0 saturated heterocycles. The molecule has 0 aliphatic carbocycles. The van der Waals surface area contributed by atoms with E-state index in [0.717, 1.165) is 10.0 Å². The first kappa shape index (κ1) is 18.2. The summed E-state index contributed by atoms with van der Waals surface area (Å²) in [6.45, 7) is 0.352. The van der Waals surface area contributed by atoms with Crippen LogP contribution < -0.4 is 16.0 Å². The lowest BCUT2D eigenvalue weighted by Gasteiger charge is -2.11. The Labute approximate surface area is 163 Å². The third-order valence-corrected chi connectivity index (χ3v) is 4.44. The fraction of sp³-hybridized carbons (Fsp3) is 0.0500. The van der Waals surface area contributed by atoms with Gasteiger partial charge in [0.15, 0.2) is 0 Å². The van der Waals surface area contributed by atoms with E-state index in [1.807, 2.05) is 36.4 Å². The molecule has 0 aliphatic rings. The lowest BCUT2D eigenvalue weighted by atomic mass is 9.96. The number of nitrogens with two attached hydrogens (primary N) is 1. The van der Waals surface area contributed by atoms with Gasteiger partial charge in [-0.05, 0) is 35.4 Å². The second kappa shape index (κ2) is 7.77. The Balaban J connectivity index is 1.99. The van der Waals surface area contributed by atoms with Crippen LogP contribution in [0.15, 0.2) is 57.8 Å². The highest BCUT2D eigenvalue weighted by atomic mass is 79.9. The molecule has 3 rings (SSSR count). The molecular formula is C20H13BrN4O2. The first-order valence-electron chi connectivity index (χ1n) is 7.87. The molecule has 1 aromatic heterocycles. The molecule has 0 unspecified atom stereocenters. The summed E-state index contributed by atoms with van der Waals surface area (Å²) in [5, 5.41) is 18.8. The number of nitrogen functional groups attached to an aromatic ring is 1. The standard InChI is InChI=1S/C20H13BrN4O2/c21-14-6-4-12(5-7-14)11-27-15-3-1-2-13(8-15)18-16(9-22)19(24)25-20(26)17(18)10-23/h1-8H,11H2,(H3,24,25,26). The number of anilines is 1. The predicted octanol–water partition coefficient (Wildman–Crippen LogP) is 3.71. The number of halogens is 1. The Hall–Kier alpha value is -3.55. The zero-order valence-electron chi connectivity index (χ0n) is 14.0. The van der Waals surface area contributed by atoms with E-state index in [1.54, 1.807) is 24.3 Å². The molecule has 0 saturated carbocycles. The van der Waals surface area contributed by atoms with Crippen molar-refractivity contribution in [2.24, 2.45) is 0 Å². The first-order chi connectivity index (χ1) is 13.0. The minimum atomic E-state index is -0.634. The molecule has 2 aromatic carbocycles. The minimum Gasteiger partial charge on any atom is -0.489 e. The molecule has 3 aromatic rings. The molecule has 0 amide bonds. The topological polar surface area (TPSA) is 116 Å². The van der Waals surface area contributed by atoms with E-state index in [0.29, 0.717) is 17.9 Å². The van der Waals surface area contributed by atoms with Gasteiger partial charge in [-0.1, -0.05) is 40.2 Å². The molecule has 132 valence electrons. The van der Waals surface area contributed by atoms with E-state index in [2.05, 4.69) is 20.9 Å². The SMILES string of the molecule is N#Cc1c(N)[nH]c(=O)c(C#N)c1-c1cccc(OCc2ccc(Br)cc2)c1. The van der Waals surface area contributed by atoms with Crippen LogP contribution in [0.3, 0.4) is 0 Å². The first-order valence-corrected chi connectivity index (χ1v) is 8.66. The van der Waals surface area contributed by atoms with E-state index in [1.165, 1.54) is 0 Å². The third-order valence-electron chi connectivity index (χ3n) is 3.91. The number of rotatable bonds is 4. The van der Waals surface area contributed by atoms with Crippen molar-refractivity contribution in [1.29, 1.82) is 10.5 Å². The summed E-state index contributed by atoms with van der Waals surface area (Å²) in [5.74, 6) is 0.472. The van der Waals surface area contributed by atoms with Crippen LogP contribution in [0.25, 0.3) is 11.1 Å². The van der Waals surface area contributed by atoms with Gasteiger partial charge in [0.1, 0.15) is 41.4 Å². The van der Waals surface area contributed by atoms with Gasteiger partial charge in [-0.25, -0.2) is 0 Å². The second-order valence-electron chi connectivity index (χ2n) is 5.66. The summed E-state index contributed by atoms with van der Waals surface area (Å²) in [5.41, 5.74) is 6.71. The van der Waals surface area contributed by atoms with E-state index >= 15 is 0 Å². The number of benzene rings is 2. The minimum absolute atomic E-state index is 0.0520. The van der Waals surface area contributed by atoms with Crippen LogP contribution in [0.2, 0.25) is 0 Å². The van der Waals surface area contributed by atoms with Crippen molar-refractivity contribution in [3.63, 3.8) is 0 Å². The number of ether oxygens (including phenoxy) is 1. The summed E-state index contributed by atoms with van der Waals surface area (Å²) < 4.78 is 6.78. The average Bonchev–Trinajstić information content (AvgIpc) is 2.67. The quantitative estimate of drug-likeness (QED) is 0.666. The Morgan fingerprint density at radius 3 is 2.44 bits per heavy atom. The van der Waals surface area contributed by atoms with Crippen LogP contribution >= 0.6 is 15.9 Å². The normalized spacial score (nSPS) is 10.0. The number of hydrogen-bond acceptors (Lipinski definition) is 5. The van der Waals surface area contributed by atoms with E-state index in [9.17, 15) is 15.3 Å². The zero-order chi connectivity index (χ0) is 19.4. The van der Waals surface area contributed by atoms with Crippen LogP contribution in [-0.2, 0) is 6.61 Å². The average molecular weight is 421 g/mol. The van der Waals surface area contributed by atoms with E-state index < -0.39 is 5.56 Å². The fourth-order valence-corrected chi connectivity index (χ4v) is 2.89. The number of aromatic amines is 1. The number of aromatic nitrogens is 1. The van der Waals surface area contributed by atoms with Gasteiger partial charge >= 0.3 is 0 Å². The van der Waals surface area contributed by atoms with Gasteiger partial charge in [-0.2, -0.15) is 10.5 Å². The summed E-state index contributed by atoms with van der Waals surface area (Å²) in [6, 6.07) is 18.4. The second-order valence-corrected chi connectivity index (χ2v) is 6.58. The molecular weight excluding hydrogens is 408 g/mol. The predicted molar refractivity (Wildman–Crippen MR) is 105 cm³/mol. The van der Waals surface area contributed by atoms with Crippen molar-refractivity contribution in [2.75, 3.05) is 5.73 Å². The molecule has 0 atom stereocenters. The lowest BCUT2D eigenvalue weighted by Crippen LogP contribution is -2.16. The van der Waals surface area contributed by atoms with Crippen molar-refractivity contribution in [3.8, 4) is 29.0 Å². The number of pyridine rings is 1. The Morgan fingerprint density at radius 1 is 1.07 bits per heavy atom. The Morgan fingerprint density at radius 2 is 1.78 bits per heavy atom. The van der Waals surface area contributed by atoms with Gasteiger partial charge < -0.3 is 15.5 Å². The lowest BCUT2D eigenvalue weighted by molar-refractivity contribution is 0.306. The molecule has 0 spiro atoms. The molecule has 0 radical (unpaired) electrons. The maximum absolute atomic E-state index is 12.1. The molecule has 6 nitrogen and oxygen atoms in total. The summed E-state index contributed by atoms with van der Waals surface area (Å²) in [4.78, 5) is 14.4. The highest BCUT2D eigenvalue weighted by Gasteiger charge is 2.18. The summed E-state index contributed by atoms with van der Waals surface area (Å²) in [7, 11) is 0. The molecule has 1 heterocycles. The highest BCUT2D eigenvalue weighted by molar-refractivity contribution is 9.10. The van der Waals surface area contributed by atoms with E-state index in [-0.39, 0.29) is 22.5 Å². The Kier molecular flexibility index (Phi) is 5.25. The number of nitrogens with one attached hydrogen (secondary N) is 1. The molecule has 3 N–H and O–H groups in total. The van der Waals surface area contributed by atoms with Crippen molar-refractivity contribution in [1.82, 2.24) is 4.98 Å². The van der Waals surface area contributed by atoms with Crippen LogP contribution in [0, 0.1) is 22.7 Å². The summed E-state index contributed by atoms with van der Waals surface area (Å²) in [6.07, 6.45) is 0. The maximum Gasteiger partial charge on any atom is 0.268 e. The molecule has 0 fully saturated rings. The van der Waals surface area contributed by atoms with Crippen LogP contribution in [0.4, 0.5) is 5.82 Å². The van der Waals surface area contributed by atoms with Gasteiger partial charge in [0.2, 0.25) is 0 Å². The van der Waals surface area contributed by atoms with Crippen LogP contribution in [0.1, 0.15) is 16.7 Å². The largest absolute Gasteiger partial charge is 0.489 e. The summed E-state index contributed by atoms with van der Waals surface area (Å²) >= 11 is 3.38. The zero-order valence-corrected chi connectivity index (χ0v) is 15.6. The van der Waals surface area contributed by atoms with Crippen LogP contribution in [0.5, 0.6) is 5.75 Å². The third kappa shape index (κ3) is 3.84. The molecule has 0 aliphatic heterocycles. The smallest absolute Gasteiger partial charge is 0.268 e. The fourth-order valence-electron chi connectivity index (χ4n) is 2.62. The van der Waals surface area contributed by atoms with Gasteiger partial charge in [0.05, 0.1) is 0 Å². The Bertz CT molecular complexity index is 1140. The number of nitriles is 2. The molecule has 0 bridgehead atoms. The maximum atomic E-state index is 12.1. The molecule has 27 heavy (non-hydrogen) atoms. The van der Waals surface area contributed by atoms with Crippen molar-refractivity contribution >= 4 is 21.7 Å². The van der Waals surface area contributed by atoms with Gasteiger partial charge in [-0.3, -0.25) is 4.79 Å². The highest BCUT2D eigenvalue weighted by Crippen LogP contribution is 2.30.